The number of urea groups is 1. The fourth-order valence-corrected chi connectivity index (χ4v) is 2.30. The number of pyridine rings is 1. The molecule has 0 unspecified atom stereocenters. The highest BCUT2D eigenvalue weighted by molar-refractivity contribution is 5.89. The van der Waals surface area contributed by atoms with Crippen LogP contribution in [0.1, 0.15) is 37.1 Å². The number of carbonyl (C=O) groups excluding carboxylic acids is 2. The highest BCUT2D eigenvalue weighted by atomic mass is 16.2. The summed E-state index contributed by atoms with van der Waals surface area (Å²) in [6.07, 6.45) is 3.90. The summed E-state index contributed by atoms with van der Waals surface area (Å²) >= 11 is 0. The maximum Gasteiger partial charge on any atom is 0.319 e. The minimum absolute atomic E-state index is 0.150. The Morgan fingerprint density at radius 3 is 2.55 bits per heavy atom. The van der Waals surface area contributed by atoms with Gasteiger partial charge >= 0.3 is 6.03 Å². The van der Waals surface area contributed by atoms with Crippen molar-refractivity contribution in [1.29, 1.82) is 0 Å². The normalized spacial score (nSPS) is 14.1. The van der Waals surface area contributed by atoms with Crippen molar-refractivity contribution >= 4 is 17.6 Å². The summed E-state index contributed by atoms with van der Waals surface area (Å²) < 4.78 is 0. The third-order valence-corrected chi connectivity index (χ3v) is 3.89. The number of amides is 3. The lowest BCUT2D eigenvalue weighted by Gasteiger charge is -2.24. The number of carbonyl (C=O) groups is 2. The Labute approximate surface area is 131 Å². The number of hydrogen-bond acceptors (Lipinski definition) is 3. The predicted molar refractivity (Wildman–Crippen MR) is 85.7 cm³/mol. The third kappa shape index (κ3) is 4.72. The van der Waals surface area contributed by atoms with E-state index >= 15 is 0 Å². The van der Waals surface area contributed by atoms with E-state index in [9.17, 15) is 9.59 Å². The number of aryl methyl sites for hydroxylation is 2. The van der Waals surface area contributed by atoms with Gasteiger partial charge in [-0.15, -0.1) is 0 Å². The van der Waals surface area contributed by atoms with Gasteiger partial charge in [-0.25, -0.2) is 4.79 Å². The van der Waals surface area contributed by atoms with Gasteiger partial charge < -0.3 is 16.0 Å². The molecule has 1 aliphatic rings. The van der Waals surface area contributed by atoms with Gasteiger partial charge in [0, 0.05) is 24.7 Å². The molecule has 3 amide bonds. The Morgan fingerprint density at radius 2 is 1.91 bits per heavy atom. The molecule has 3 N–H and O–H groups in total. The van der Waals surface area contributed by atoms with Crippen molar-refractivity contribution in [3.63, 3.8) is 0 Å². The topological polar surface area (TPSA) is 83.1 Å². The Morgan fingerprint density at radius 1 is 1.18 bits per heavy atom. The first-order valence-electron chi connectivity index (χ1n) is 7.83. The zero-order valence-corrected chi connectivity index (χ0v) is 13.2. The van der Waals surface area contributed by atoms with Crippen LogP contribution in [0, 0.1) is 19.8 Å². The van der Waals surface area contributed by atoms with Gasteiger partial charge in [-0.1, -0.05) is 6.42 Å². The van der Waals surface area contributed by atoms with Gasteiger partial charge in [-0.05, 0) is 45.2 Å². The van der Waals surface area contributed by atoms with Crippen LogP contribution in [0.4, 0.5) is 10.5 Å². The summed E-state index contributed by atoms with van der Waals surface area (Å²) in [7, 11) is 0. The van der Waals surface area contributed by atoms with E-state index in [-0.39, 0.29) is 17.9 Å². The standard InChI is InChI=1S/C16H24N4O2/c1-11-7-8-14(12(2)19-11)20-16(22)18-10-4-9-17-15(21)13-5-3-6-13/h7-8,13H,3-6,9-10H2,1-2H3,(H,17,21)(H2,18,20,22). The van der Waals surface area contributed by atoms with E-state index in [4.69, 9.17) is 0 Å². The monoisotopic (exact) mass is 304 g/mol. The van der Waals surface area contributed by atoms with Crippen molar-refractivity contribution in [2.24, 2.45) is 5.92 Å². The first-order valence-corrected chi connectivity index (χ1v) is 7.83. The molecule has 0 radical (unpaired) electrons. The maximum atomic E-state index is 11.8. The van der Waals surface area contributed by atoms with Crippen LogP contribution in [0.3, 0.4) is 0 Å². The molecule has 1 fully saturated rings. The highest BCUT2D eigenvalue weighted by Crippen LogP contribution is 2.25. The predicted octanol–water partition coefficient (Wildman–Crippen LogP) is 2.13. The number of aromatic nitrogens is 1. The molecule has 6 nitrogen and oxygen atoms in total. The summed E-state index contributed by atoms with van der Waals surface area (Å²) in [5.41, 5.74) is 2.43. The minimum atomic E-state index is -0.251. The average Bonchev–Trinajstić information content (AvgIpc) is 2.39. The van der Waals surface area contributed by atoms with Crippen LogP contribution < -0.4 is 16.0 Å². The van der Waals surface area contributed by atoms with Crippen molar-refractivity contribution in [1.82, 2.24) is 15.6 Å². The van der Waals surface area contributed by atoms with Crippen LogP contribution in [0.5, 0.6) is 0 Å². The van der Waals surface area contributed by atoms with E-state index in [1.165, 1.54) is 0 Å². The molecule has 1 heterocycles. The number of nitrogens with one attached hydrogen (secondary N) is 3. The zero-order chi connectivity index (χ0) is 15.9. The lowest BCUT2D eigenvalue weighted by Crippen LogP contribution is -2.36. The quantitative estimate of drug-likeness (QED) is 0.704. The molecule has 1 saturated carbocycles. The molecule has 1 aliphatic carbocycles. The van der Waals surface area contributed by atoms with Crippen LogP contribution in [-0.4, -0.2) is 30.0 Å². The molecule has 22 heavy (non-hydrogen) atoms. The van der Waals surface area contributed by atoms with Crippen molar-refractivity contribution in [3.05, 3.63) is 23.5 Å². The minimum Gasteiger partial charge on any atom is -0.356 e. The molecule has 1 aromatic heterocycles. The molecule has 0 saturated heterocycles. The van der Waals surface area contributed by atoms with E-state index in [2.05, 4.69) is 20.9 Å². The first kappa shape index (κ1) is 16.3. The average molecular weight is 304 g/mol. The molecule has 2 rings (SSSR count). The van der Waals surface area contributed by atoms with Crippen molar-refractivity contribution in [2.75, 3.05) is 18.4 Å². The van der Waals surface area contributed by atoms with Gasteiger partial charge in [0.2, 0.25) is 5.91 Å². The van der Waals surface area contributed by atoms with Gasteiger partial charge in [-0.3, -0.25) is 9.78 Å². The second-order valence-electron chi connectivity index (χ2n) is 5.74. The maximum absolute atomic E-state index is 11.8. The summed E-state index contributed by atoms with van der Waals surface area (Å²) in [4.78, 5) is 27.7. The Balaban J connectivity index is 1.60. The van der Waals surface area contributed by atoms with Crippen LogP contribution in [0.15, 0.2) is 12.1 Å². The zero-order valence-electron chi connectivity index (χ0n) is 13.2. The van der Waals surface area contributed by atoms with Crippen LogP contribution in [-0.2, 0) is 4.79 Å². The van der Waals surface area contributed by atoms with Crippen LogP contribution in [0.2, 0.25) is 0 Å². The molecule has 1 aromatic rings. The summed E-state index contributed by atoms with van der Waals surface area (Å²) in [6.45, 7) is 4.89. The number of nitrogens with zero attached hydrogens (tertiary/aromatic N) is 1. The van der Waals surface area contributed by atoms with Crippen molar-refractivity contribution in [2.45, 2.75) is 39.5 Å². The van der Waals surface area contributed by atoms with Crippen molar-refractivity contribution in [3.8, 4) is 0 Å². The van der Waals surface area contributed by atoms with Gasteiger partial charge in [-0.2, -0.15) is 0 Å². The Kier molecular flexibility index (Phi) is 5.75. The van der Waals surface area contributed by atoms with E-state index in [0.717, 1.165) is 37.1 Å². The van der Waals surface area contributed by atoms with E-state index in [1.54, 1.807) is 0 Å². The molecule has 0 atom stereocenters. The lowest BCUT2D eigenvalue weighted by molar-refractivity contribution is -0.127. The summed E-state index contributed by atoms with van der Waals surface area (Å²) in [5.74, 6) is 0.366. The Hall–Kier alpha value is -2.11. The third-order valence-electron chi connectivity index (χ3n) is 3.89. The molecular weight excluding hydrogens is 280 g/mol. The largest absolute Gasteiger partial charge is 0.356 e. The molecule has 0 bridgehead atoms. The molecule has 0 aliphatic heterocycles. The molecular formula is C16H24N4O2. The molecule has 6 heteroatoms. The van der Waals surface area contributed by atoms with Gasteiger partial charge in [0.15, 0.2) is 0 Å². The van der Waals surface area contributed by atoms with Gasteiger partial charge in [0.25, 0.3) is 0 Å². The molecule has 0 spiro atoms. The van der Waals surface area contributed by atoms with E-state index < -0.39 is 0 Å². The Bertz CT molecular complexity index is 541. The fourth-order valence-electron chi connectivity index (χ4n) is 2.30. The summed E-state index contributed by atoms with van der Waals surface area (Å²) in [5, 5.41) is 8.45. The second kappa shape index (κ2) is 7.77. The fraction of sp³-hybridized carbons (Fsp3) is 0.562. The first-order chi connectivity index (χ1) is 10.6. The number of hydrogen-bond donors (Lipinski definition) is 3. The second-order valence-corrected chi connectivity index (χ2v) is 5.74. The van der Waals surface area contributed by atoms with Crippen LogP contribution >= 0.6 is 0 Å². The number of rotatable bonds is 6. The summed E-state index contributed by atoms with van der Waals surface area (Å²) in [6, 6.07) is 3.45. The van der Waals surface area contributed by atoms with Gasteiger partial charge in [0.05, 0.1) is 11.4 Å². The molecule has 120 valence electrons. The number of anilines is 1. The van der Waals surface area contributed by atoms with Gasteiger partial charge in [0.1, 0.15) is 0 Å². The smallest absolute Gasteiger partial charge is 0.319 e. The molecule has 0 aromatic carbocycles. The van der Waals surface area contributed by atoms with Crippen LogP contribution in [0.25, 0.3) is 0 Å². The van der Waals surface area contributed by atoms with E-state index in [1.807, 2.05) is 26.0 Å². The SMILES string of the molecule is Cc1ccc(NC(=O)NCCCNC(=O)C2CCC2)c(C)n1. The highest BCUT2D eigenvalue weighted by Gasteiger charge is 2.24. The van der Waals surface area contributed by atoms with E-state index in [0.29, 0.717) is 18.8 Å². The van der Waals surface area contributed by atoms with Crippen molar-refractivity contribution < 1.29 is 9.59 Å². The lowest BCUT2D eigenvalue weighted by atomic mass is 9.85.